The van der Waals surface area contributed by atoms with Crippen molar-refractivity contribution in [2.75, 3.05) is 13.9 Å². The minimum absolute atomic E-state index is 0.0143. The van der Waals surface area contributed by atoms with Crippen LogP contribution in [0.15, 0.2) is 70.5 Å². The number of benzene rings is 2. The van der Waals surface area contributed by atoms with Crippen LogP contribution in [0, 0.1) is 5.82 Å². The number of carboxylic acid groups (broad SMARTS) is 1. The zero-order valence-corrected chi connectivity index (χ0v) is 20.4. The van der Waals surface area contributed by atoms with Crippen LogP contribution in [0.25, 0.3) is 5.52 Å². The fourth-order valence-electron chi connectivity index (χ4n) is 3.76. The van der Waals surface area contributed by atoms with E-state index < -0.39 is 34.1 Å². The minimum Gasteiger partial charge on any atom is -0.483 e. The van der Waals surface area contributed by atoms with Gasteiger partial charge in [0, 0.05) is 19.5 Å². The lowest BCUT2D eigenvalue weighted by atomic mass is 10.2. The summed E-state index contributed by atoms with van der Waals surface area (Å²) in [6, 6.07) is 13.0. The van der Waals surface area contributed by atoms with Gasteiger partial charge in [-0.2, -0.15) is 0 Å². The molecule has 0 fully saturated rings. The highest BCUT2D eigenvalue weighted by atomic mass is 35.5. The molecule has 9 nitrogen and oxygen atoms in total. The van der Waals surface area contributed by atoms with Crippen LogP contribution in [0.2, 0.25) is 5.02 Å². The highest BCUT2D eigenvalue weighted by Crippen LogP contribution is 2.20. The van der Waals surface area contributed by atoms with Crippen LogP contribution >= 0.6 is 11.6 Å². The van der Waals surface area contributed by atoms with Gasteiger partial charge in [0.25, 0.3) is 5.56 Å². The van der Waals surface area contributed by atoms with E-state index in [4.69, 9.17) is 25.8 Å². The van der Waals surface area contributed by atoms with Crippen LogP contribution in [0.4, 0.5) is 4.39 Å². The van der Waals surface area contributed by atoms with Gasteiger partial charge >= 0.3 is 5.97 Å². The summed E-state index contributed by atoms with van der Waals surface area (Å²) >= 11 is 5.91. The molecule has 0 unspecified atom stereocenters. The Labute approximate surface area is 214 Å². The topological polar surface area (TPSA) is 108 Å². The average molecular weight is 529 g/mol. The van der Waals surface area contributed by atoms with E-state index in [-0.39, 0.29) is 37.1 Å². The molecule has 0 aliphatic rings. The molecule has 0 bridgehead atoms. The highest BCUT2D eigenvalue weighted by molar-refractivity contribution is 6.30. The summed E-state index contributed by atoms with van der Waals surface area (Å²) < 4.78 is 32.4. The first-order valence-corrected chi connectivity index (χ1v) is 11.4. The zero-order chi connectivity index (χ0) is 26.5. The molecule has 0 aliphatic heterocycles. The lowest BCUT2D eigenvalue weighted by Gasteiger charge is -2.17. The predicted molar refractivity (Wildman–Crippen MR) is 133 cm³/mol. The fraction of sp³-hybridized carbons (Fsp3) is 0.192. The van der Waals surface area contributed by atoms with Crippen LogP contribution in [0.1, 0.15) is 27.2 Å². The minimum atomic E-state index is -1.47. The molecule has 0 saturated carbocycles. The second-order valence-corrected chi connectivity index (χ2v) is 8.46. The van der Waals surface area contributed by atoms with Crippen LogP contribution < -0.4 is 15.7 Å². The van der Waals surface area contributed by atoms with Crippen molar-refractivity contribution in [3.8, 4) is 5.75 Å². The lowest BCUT2D eigenvalue weighted by molar-refractivity contribution is -0.0405. The number of rotatable bonds is 10. The number of halogens is 2. The number of hydrogen-bond donors (Lipinski definition) is 1. The maximum absolute atomic E-state index is 13.7. The molecule has 0 amide bonds. The normalized spacial score (nSPS) is 11.1. The number of ether oxygens (including phenoxy) is 3. The maximum atomic E-state index is 13.7. The van der Waals surface area contributed by atoms with Gasteiger partial charge in [0.15, 0.2) is 11.3 Å². The molecule has 0 saturated heterocycles. The van der Waals surface area contributed by atoms with Gasteiger partial charge in [0.2, 0.25) is 5.43 Å². The number of carbonyl (C=O) groups is 1. The summed E-state index contributed by atoms with van der Waals surface area (Å²) in [6.07, 6.45) is 2.53. The van der Waals surface area contributed by atoms with Crippen LogP contribution in [-0.2, 0) is 29.2 Å². The van der Waals surface area contributed by atoms with E-state index in [1.165, 1.54) is 40.5 Å². The Hall–Kier alpha value is -3.99. The Kier molecular flexibility index (Phi) is 8.02. The van der Waals surface area contributed by atoms with Crippen molar-refractivity contribution in [2.45, 2.75) is 19.8 Å². The molecule has 1 N–H and O–H groups in total. The van der Waals surface area contributed by atoms with Gasteiger partial charge in [-0.25, -0.2) is 9.18 Å². The molecule has 192 valence electrons. The van der Waals surface area contributed by atoms with Gasteiger partial charge in [-0.05, 0) is 23.3 Å². The van der Waals surface area contributed by atoms with Crippen LogP contribution in [-0.4, -0.2) is 33.9 Å². The second kappa shape index (κ2) is 11.4. The fourth-order valence-corrected chi connectivity index (χ4v) is 3.96. The summed E-state index contributed by atoms with van der Waals surface area (Å²) in [5.74, 6) is -2.49. The van der Waals surface area contributed by atoms with E-state index in [2.05, 4.69) is 0 Å². The van der Waals surface area contributed by atoms with Gasteiger partial charge in [-0.3, -0.25) is 9.59 Å². The molecule has 0 radical (unpaired) electrons. The SMILES string of the molecule is COCOCc1cn(Cc2ccc(F)c(Cl)c2)c(=O)c2c(OCc3ccccc3)c(=O)c(C(=O)O)cn12. The van der Waals surface area contributed by atoms with Crippen molar-refractivity contribution in [3.63, 3.8) is 0 Å². The Morgan fingerprint density at radius 2 is 1.81 bits per heavy atom. The number of aromatic nitrogens is 2. The third-order valence-electron chi connectivity index (χ3n) is 5.49. The summed E-state index contributed by atoms with van der Waals surface area (Å²) in [5.41, 5.74) is -0.736. The van der Waals surface area contributed by atoms with E-state index in [0.717, 1.165) is 6.20 Å². The van der Waals surface area contributed by atoms with Gasteiger partial charge in [-0.15, -0.1) is 0 Å². The van der Waals surface area contributed by atoms with Gasteiger partial charge < -0.3 is 28.3 Å². The molecule has 4 aromatic rings. The molecule has 0 spiro atoms. The Balaban J connectivity index is 1.93. The average Bonchev–Trinajstić information content (AvgIpc) is 2.88. The number of pyridine rings is 1. The van der Waals surface area contributed by atoms with Crippen LogP contribution in [0.5, 0.6) is 5.75 Å². The molecule has 0 atom stereocenters. The Morgan fingerprint density at radius 3 is 2.49 bits per heavy atom. The summed E-state index contributed by atoms with van der Waals surface area (Å²) in [7, 11) is 1.44. The molecule has 2 heterocycles. The van der Waals surface area contributed by atoms with E-state index in [1.807, 2.05) is 6.07 Å². The third kappa shape index (κ3) is 5.72. The van der Waals surface area contributed by atoms with Crippen molar-refractivity contribution in [2.24, 2.45) is 0 Å². The molecular formula is C26H22ClFN2O7. The Morgan fingerprint density at radius 1 is 1.05 bits per heavy atom. The molecule has 2 aromatic heterocycles. The van der Waals surface area contributed by atoms with E-state index in [1.54, 1.807) is 24.3 Å². The first-order chi connectivity index (χ1) is 17.8. The van der Waals surface area contributed by atoms with Gasteiger partial charge in [0.05, 0.1) is 23.9 Å². The monoisotopic (exact) mass is 528 g/mol. The van der Waals surface area contributed by atoms with Crippen LogP contribution in [0.3, 0.4) is 0 Å². The third-order valence-corrected chi connectivity index (χ3v) is 5.78. The van der Waals surface area contributed by atoms with E-state index in [9.17, 15) is 23.9 Å². The second-order valence-electron chi connectivity index (χ2n) is 8.06. The van der Waals surface area contributed by atoms with E-state index >= 15 is 0 Å². The smallest absolute Gasteiger partial charge is 0.341 e. The summed E-state index contributed by atoms with van der Waals surface area (Å²) in [5, 5.41) is 9.55. The quantitative estimate of drug-likeness (QED) is 0.247. The molecular weight excluding hydrogens is 507 g/mol. The zero-order valence-electron chi connectivity index (χ0n) is 19.6. The van der Waals surface area contributed by atoms with Crippen molar-refractivity contribution >= 4 is 23.1 Å². The number of nitrogens with zero attached hydrogens (tertiary/aromatic N) is 2. The van der Waals surface area contributed by atoms with Crippen molar-refractivity contribution < 1.29 is 28.5 Å². The first-order valence-electron chi connectivity index (χ1n) is 11.0. The first kappa shape index (κ1) is 26.1. The maximum Gasteiger partial charge on any atom is 0.341 e. The molecule has 37 heavy (non-hydrogen) atoms. The summed E-state index contributed by atoms with van der Waals surface area (Å²) in [4.78, 5) is 38.6. The predicted octanol–water partition coefficient (Wildman–Crippen LogP) is 3.70. The number of methoxy groups -OCH3 is 1. The largest absolute Gasteiger partial charge is 0.483 e. The van der Waals surface area contributed by atoms with Gasteiger partial charge in [-0.1, -0.05) is 48.0 Å². The molecule has 4 rings (SSSR count). The molecule has 0 aliphatic carbocycles. The number of carboxylic acids is 1. The Bertz CT molecular complexity index is 1570. The van der Waals surface area contributed by atoms with Crippen molar-refractivity contribution in [1.82, 2.24) is 8.97 Å². The lowest BCUT2D eigenvalue weighted by Crippen LogP contribution is -2.29. The molecule has 11 heteroatoms. The number of fused-ring (bicyclic) bond motifs is 1. The van der Waals surface area contributed by atoms with Gasteiger partial charge in [0.1, 0.15) is 24.8 Å². The van der Waals surface area contributed by atoms with Crippen molar-refractivity contribution in [1.29, 1.82) is 0 Å². The number of hydrogen-bond acceptors (Lipinski definition) is 6. The molecule has 2 aromatic carbocycles. The standard InChI is InChI=1S/C26H22ClFN2O7/c1-35-15-36-14-18-11-29(10-17-7-8-21(28)20(27)9-17)25(32)22-24(37-13-16-5-3-2-4-6-16)23(31)19(26(33)34)12-30(18)22/h2-9,11-12H,10,13-15H2,1H3,(H,33,34). The highest BCUT2D eigenvalue weighted by Gasteiger charge is 2.23. The number of aromatic carboxylic acids is 1. The summed E-state index contributed by atoms with van der Waals surface area (Å²) in [6.45, 7) is -0.252. The van der Waals surface area contributed by atoms with Crippen molar-refractivity contribution in [3.05, 3.63) is 115 Å². The van der Waals surface area contributed by atoms with E-state index in [0.29, 0.717) is 16.8 Å².